The summed E-state index contributed by atoms with van der Waals surface area (Å²) >= 11 is 5.60. The second-order valence-electron chi connectivity index (χ2n) is 5.47. The van der Waals surface area contributed by atoms with Gasteiger partial charge in [-0.3, -0.25) is 4.79 Å². The summed E-state index contributed by atoms with van der Waals surface area (Å²) in [7, 11) is 0. The van der Waals surface area contributed by atoms with E-state index >= 15 is 0 Å². The number of hydrogen-bond donors (Lipinski definition) is 1. The molecule has 0 aromatic carbocycles. The molecule has 1 unspecified atom stereocenters. The average Bonchev–Trinajstić information content (AvgIpc) is 2.23. The number of halogens is 1. The first-order valence-electron chi connectivity index (χ1n) is 6.41. The van der Waals surface area contributed by atoms with E-state index in [1.54, 1.807) is 0 Å². The number of unbranched alkanes of at least 4 members (excludes halogenated alkanes) is 1. The molecule has 94 valence electrons. The molecule has 0 spiro atoms. The van der Waals surface area contributed by atoms with Crippen molar-refractivity contribution in [2.45, 2.75) is 52.4 Å². The van der Waals surface area contributed by atoms with Gasteiger partial charge >= 0.3 is 0 Å². The molecule has 2 nitrogen and oxygen atoms in total. The summed E-state index contributed by atoms with van der Waals surface area (Å²) in [4.78, 5) is 12.0. The average molecular weight is 246 g/mol. The maximum atomic E-state index is 12.0. The Bertz CT molecular complexity index is 228. The highest BCUT2D eigenvalue weighted by atomic mass is 35.5. The molecule has 0 aromatic heterocycles. The summed E-state index contributed by atoms with van der Waals surface area (Å²) in [5.74, 6) is 1.14. The molecule has 0 aromatic rings. The van der Waals surface area contributed by atoms with Crippen LogP contribution in [0.3, 0.4) is 0 Å². The zero-order valence-electron chi connectivity index (χ0n) is 10.5. The molecule has 1 saturated carbocycles. The second kappa shape index (κ2) is 6.48. The van der Waals surface area contributed by atoms with Gasteiger partial charge in [0.2, 0.25) is 5.91 Å². The van der Waals surface area contributed by atoms with E-state index in [-0.39, 0.29) is 17.2 Å². The van der Waals surface area contributed by atoms with Crippen LogP contribution < -0.4 is 5.32 Å². The number of amides is 1. The van der Waals surface area contributed by atoms with Crippen LogP contribution in [0.1, 0.15) is 52.4 Å². The van der Waals surface area contributed by atoms with Crippen molar-refractivity contribution < 1.29 is 4.79 Å². The minimum atomic E-state index is 0.175. The zero-order chi connectivity index (χ0) is 12.0. The first-order chi connectivity index (χ1) is 7.58. The third kappa shape index (κ3) is 3.97. The van der Waals surface area contributed by atoms with Crippen LogP contribution in [-0.2, 0) is 4.79 Å². The predicted octanol–water partition coefficient (Wildman–Crippen LogP) is 3.34. The molecule has 0 heterocycles. The SMILES string of the molecule is CC1(C)CCCCC1C(=O)NCCCCCl. The van der Waals surface area contributed by atoms with E-state index in [9.17, 15) is 4.79 Å². The Morgan fingerprint density at radius 3 is 2.75 bits per heavy atom. The molecule has 0 radical (unpaired) electrons. The maximum Gasteiger partial charge on any atom is 0.223 e. The van der Waals surface area contributed by atoms with Crippen molar-refractivity contribution in [1.29, 1.82) is 0 Å². The first kappa shape index (κ1) is 13.8. The fraction of sp³-hybridized carbons (Fsp3) is 0.923. The second-order valence-corrected chi connectivity index (χ2v) is 5.85. The van der Waals surface area contributed by atoms with Crippen LogP contribution in [-0.4, -0.2) is 18.3 Å². The van der Waals surface area contributed by atoms with Crippen molar-refractivity contribution in [3.63, 3.8) is 0 Å². The first-order valence-corrected chi connectivity index (χ1v) is 6.95. The van der Waals surface area contributed by atoms with Crippen LogP contribution in [0.25, 0.3) is 0 Å². The molecule has 1 rings (SSSR count). The van der Waals surface area contributed by atoms with Crippen LogP contribution in [0.2, 0.25) is 0 Å². The van der Waals surface area contributed by atoms with Gasteiger partial charge in [-0.2, -0.15) is 0 Å². The highest BCUT2D eigenvalue weighted by molar-refractivity contribution is 6.17. The Morgan fingerprint density at radius 1 is 1.38 bits per heavy atom. The molecule has 1 fully saturated rings. The molecule has 3 heteroatoms. The van der Waals surface area contributed by atoms with Gasteiger partial charge in [0.1, 0.15) is 0 Å². The van der Waals surface area contributed by atoms with Gasteiger partial charge in [-0.05, 0) is 31.1 Å². The van der Waals surface area contributed by atoms with Gasteiger partial charge in [0.15, 0.2) is 0 Å². The molecular weight excluding hydrogens is 222 g/mol. The van der Waals surface area contributed by atoms with Crippen LogP contribution in [0.5, 0.6) is 0 Å². The Labute approximate surface area is 104 Å². The fourth-order valence-electron chi connectivity index (χ4n) is 2.53. The Morgan fingerprint density at radius 2 is 2.12 bits per heavy atom. The fourth-order valence-corrected chi connectivity index (χ4v) is 2.72. The van der Waals surface area contributed by atoms with Gasteiger partial charge in [0.25, 0.3) is 0 Å². The predicted molar refractivity (Wildman–Crippen MR) is 68.7 cm³/mol. The number of carbonyl (C=O) groups excluding carboxylic acids is 1. The summed E-state index contributed by atoms with van der Waals surface area (Å²) < 4.78 is 0. The molecule has 1 atom stereocenters. The molecule has 1 amide bonds. The normalized spacial score (nSPS) is 24.1. The Balaban J connectivity index is 2.34. The maximum absolute atomic E-state index is 12.0. The summed E-state index contributed by atoms with van der Waals surface area (Å²) in [5, 5.41) is 3.05. The number of nitrogens with one attached hydrogen (secondary N) is 1. The third-order valence-corrected chi connectivity index (χ3v) is 3.95. The third-order valence-electron chi connectivity index (χ3n) is 3.68. The lowest BCUT2D eigenvalue weighted by Crippen LogP contribution is -2.41. The number of carbonyl (C=O) groups is 1. The van der Waals surface area contributed by atoms with Crippen molar-refractivity contribution in [1.82, 2.24) is 5.32 Å². The van der Waals surface area contributed by atoms with Crippen LogP contribution >= 0.6 is 11.6 Å². The lowest BCUT2D eigenvalue weighted by atomic mass is 9.68. The largest absolute Gasteiger partial charge is 0.356 e. The molecule has 1 N–H and O–H groups in total. The molecule has 16 heavy (non-hydrogen) atoms. The molecule has 1 aliphatic carbocycles. The van der Waals surface area contributed by atoms with Crippen LogP contribution in [0.4, 0.5) is 0 Å². The minimum Gasteiger partial charge on any atom is -0.356 e. The van der Waals surface area contributed by atoms with Crippen LogP contribution in [0.15, 0.2) is 0 Å². The molecule has 0 bridgehead atoms. The highest BCUT2D eigenvalue weighted by Crippen LogP contribution is 2.40. The van der Waals surface area contributed by atoms with Gasteiger partial charge < -0.3 is 5.32 Å². The summed E-state index contributed by atoms with van der Waals surface area (Å²) in [6, 6.07) is 0. The lowest BCUT2D eigenvalue weighted by molar-refractivity contribution is -0.130. The van der Waals surface area contributed by atoms with E-state index in [2.05, 4.69) is 19.2 Å². The standard InChI is InChI=1S/C13H24ClNO/c1-13(2)8-4-3-7-11(13)12(16)15-10-6-5-9-14/h11H,3-10H2,1-2H3,(H,15,16). The number of rotatable bonds is 5. The van der Waals surface area contributed by atoms with E-state index in [0.717, 1.165) is 25.8 Å². The van der Waals surface area contributed by atoms with Crippen molar-refractivity contribution in [3.8, 4) is 0 Å². The number of hydrogen-bond acceptors (Lipinski definition) is 1. The van der Waals surface area contributed by atoms with E-state index in [1.165, 1.54) is 19.3 Å². The van der Waals surface area contributed by atoms with E-state index < -0.39 is 0 Å². The van der Waals surface area contributed by atoms with E-state index in [0.29, 0.717) is 5.88 Å². The molecular formula is C13H24ClNO. The zero-order valence-corrected chi connectivity index (χ0v) is 11.3. The minimum absolute atomic E-state index is 0.175. The summed E-state index contributed by atoms with van der Waals surface area (Å²) in [6.45, 7) is 5.21. The van der Waals surface area contributed by atoms with Crippen LogP contribution in [0, 0.1) is 11.3 Å². The van der Waals surface area contributed by atoms with Crippen molar-refractivity contribution in [2.75, 3.05) is 12.4 Å². The number of alkyl halides is 1. The molecule has 1 aliphatic rings. The monoisotopic (exact) mass is 245 g/mol. The van der Waals surface area contributed by atoms with E-state index in [4.69, 9.17) is 11.6 Å². The van der Waals surface area contributed by atoms with Gasteiger partial charge in [-0.1, -0.05) is 26.7 Å². The van der Waals surface area contributed by atoms with Gasteiger partial charge in [0, 0.05) is 18.3 Å². The Kier molecular flexibility index (Phi) is 5.60. The van der Waals surface area contributed by atoms with Gasteiger partial charge in [0.05, 0.1) is 0 Å². The van der Waals surface area contributed by atoms with Gasteiger partial charge in [-0.25, -0.2) is 0 Å². The summed E-state index contributed by atoms with van der Waals surface area (Å²) in [6.07, 6.45) is 6.66. The topological polar surface area (TPSA) is 29.1 Å². The van der Waals surface area contributed by atoms with E-state index in [1.807, 2.05) is 0 Å². The highest BCUT2D eigenvalue weighted by Gasteiger charge is 2.36. The van der Waals surface area contributed by atoms with Gasteiger partial charge in [-0.15, -0.1) is 11.6 Å². The Hall–Kier alpha value is -0.240. The van der Waals surface area contributed by atoms with Crippen molar-refractivity contribution in [2.24, 2.45) is 11.3 Å². The lowest BCUT2D eigenvalue weighted by Gasteiger charge is -2.37. The van der Waals surface area contributed by atoms with Crippen molar-refractivity contribution in [3.05, 3.63) is 0 Å². The molecule has 0 aliphatic heterocycles. The van der Waals surface area contributed by atoms with Crippen molar-refractivity contribution >= 4 is 17.5 Å². The molecule has 0 saturated heterocycles. The summed E-state index contributed by atoms with van der Waals surface area (Å²) in [5.41, 5.74) is 0.175. The smallest absolute Gasteiger partial charge is 0.223 e. The quantitative estimate of drug-likeness (QED) is 0.584.